The Morgan fingerprint density at radius 2 is 1.92 bits per heavy atom. The number of hydrogen-bond acceptors (Lipinski definition) is 3. The number of amides is 1. The van der Waals surface area contributed by atoms with Crippen molar-refractivity contribution in [1.82, 2.24) is 20.0 Å². The molecule has 0 atom stereocenters. The lowest BCUT2D eigenvalue weighted by atomic mass is 10.1. The van der Waals surface area contributed by atoms with E-state index in [1.54, 1.807) is 0 Å². The van der Waals surface area contributed by atoms with Crippen LogP contribution in [0.1, 0.15) is 34.2 Å². The van der Waals surface area contributed by atoms with E-state index in [1.165, 1.54) is 5.56 Å². The van der Waals surface area contributed by atoms with Gasteiger partial charge in [0.05, 0.1) is 0 Å². The first-order valence-electron chi connectivity index (χ1n) is 8.96. The van der Waals surface area contributed by atoms with Gasteiger partial charge in [-0.25, -0.2) is 0 Å². The van der Waals surface area contributed by atoms with Gasteiger partial charge in [-0.2, -0.15) is 5.10 Å². The molecule has 0 saturated carbocycles. The number of aromatic amines is 1. The summed E-state index contributed by atoms with van der Waals surface area (Å²) in [5.41, 5.74) is 3.83. The molecule has 1 aliphatic heterocycles. The SMILES string of the molecule is CCc1[nH]nc(C(=O)N2CCN(C/C=C/c3ccccc3)CC2)c1C. The molecule has 1 amide bonds. The first kappa shape index (κ1) is 17.4. The minimum Gasteiger partial charge on any atom is -0.335 e. The Balaban J connectivity index is 1.50. The summed E-state index contributed by atoms with van der Waals surface area (Å²) in [6.45, 7) is 8.26. The molecule has 1 N–H and O–H groups in total. The topological polar surface area (TPSA) is 52.2 Å². The maximum absolute atomic E-state index is 12.7. The number of H-pyrrole nitrogens is 1. The van der Waals surface area contributed by atoms with Gasteiger partial charge < -0.3 is 4.90 Å². The average Bonchev–Trinajstić information content (AvgIpc) is 3.03. The van der Waals surface area contributed by atoms with Crippen LogP contribution in [0.4, 0.5) is 0 Å². The molecular weight excluding hydrogens is 312 g/mol. The molecule has 132 valence electrons. The van der Waals surface area contributed by atoms with Crippen molar-refractivity contribution in [2.45, 2.75) is 20.3 Å². The van der Waals surface area contributed by atoms with E-state index in [4.69, 9.17) is 0 Å². The molecule has 5 nitrogen and oxygen atoms in total. The number of benzene rings is 1. The van der Waals surface area contributed by atoms with E-state index in [2.05, 4.69) is 46.3 Å². The Morgan fingerprint density at radius 3 is 2.56 bits per heavy atom. The lowest BCUT2D eigenvalue weighted by Gasteiger charge is -2.33. The summed E-state index contributed by atoms with van der Waals surface area (Å²) in [7, 11) is 0. The second-order valence-corrected chi connectivity index (χ2v) is 6.44. The van der Waals surface area contributed by atoms with Crippen molar-refractivity contribution in [2.75, 3.05) is 32.7 Å². The first-order chi connectivity index (χ1) is 12.2. The highest BCUT2D eigenvalue weighted by molar-refractivity contribution is 5.94. The van der Waals surface area contributed by atoms with Crippen molar-refractivity contribution >= 4 is 12.0 Å². The van der Waals surface area contributed by atoms with Crippen molar-refractivity contribution < 1.29 is 4.79 Å². The van der Waals surface area contributed by atoms with Crippen molar-refractivity contribution in [1.29, 1.82) is 0 Å². The van der Waals surface area contributed by atoms with Crippen LogP contribution in [0.25, 0.3) is 6.08 Å². The summed E-state index contributed by atoms with van der Waals surface area (Å²) in [5.74, 6) is 0.0490. The average molecular weight is 338 g/mol. The highest BCUT2D eigenvalue weighted by Gasteiger charge is 2.25. The van der Waals surface area contributed by atoms with E-state index in [9.17, 15) is 4.79 Å². The van der Waals surface area contributed by atoms with Gasteiger partial charge in [-0.15, -0.1) is 0 Å². The smallest absolute Gasteiger partial charge is 0.274 e. The third kappa shape index (κ3) is 4.17. The molecule has 1 aliphatic rings. The second-order valence-electron chi connectivity index (χ2n) is 6.44. The normalized spacial score (nSPS) is 15.8. The fraction of sp³-hybridized carbons (Fsp3) is 0.400. The molecule has 5 heteroatoms. The zero-order valence-electron chi connectivity index (χ0n) is 15.0. The van der Waals surface area contributed by atoms with Gasteiger partial charge >= 0.3 is 0 Å². The quantitative estimate of drug-likeness (QED) is 0.912. The third-order valence-electron chi connectivity index (χ3n) is 4.80. The Hall–Kier alpha value is -2.40. The van der Waals surface area contributed by atoms with E-state index in [0.29, 0.717) is 5.69 Å². The summed E-state index contributed by atoms with van der Waals surface area (Å²) in [6, 6.07) is 10.3. The summed E-state index contributed by atoms with van der Waals surface area (Å²) in [6.07, 6.45) is 5.21. The summed E-state index contributed by atoms with van der Waals surface area (Å²) < 4.78 is 0. The molecule has 1 aromatic carbocycles. The number of rotatable bonds is 5. The Kier molecular flexibility index (Phi) is 5.66. The van der Waals surface area contributed by atoms with Crippen LogP contribution in [-0.2, 0) is 6.42 Å². The van der Waals surface area contributed by atoms with Crippen molar-refractivity contribution in [3.63, 3.8) is 0 Å². The van der Waals surface area contributed by atoms with Crippen molar-refractivity contribution in [2.24, 2.45) is 0 Å². The number of carbonyl (C=O) groups is 1. The number of nitrogens with one attached hydrogen (secondary N) is 1. The fourth-order valence-corrected chi connectivity index (χ4v) is 3.17. The zero-order valence-corrected chi connectivity index (χ0v) is 15.0. The highest BCUT2D eigenvalue weighted by Crippen LogP contribution is 2.14. The maximum atomic E-state index is 12.7. The van der Waals surface area contributed by atoms with E-state index >= 15 is 0 Å². The van der Waals surface area contributed by atoms with Gasteiger partial charge in [0, 0.05) is 44.0 Å². The molecule has 3 rings (SSSR count). The molecule has 0 radical (unpaired) electrons. The fourth-order valence-electron chi connectivity index (χ4n) is 3.17. The number of nitrogens with zero attached hydrogens (tertiary/aromatic N) is 3. The number of aromatic nitrogens is 2. The van der Waals surface area contributed by atoms with Gasteiger partial charge in [-0.1, -0.05) is 49.4 Å². The van der Waals surface area contributed by atoms with Crippen LogP contribution in [0.3, 0.4) is 0 Å². The van der Waals surface area contributed by atoms with Gasteiger partial charge in [0.2, 0.25) is 0 Å². The lowest BCUT2D eigenvalue weighted by molar-refractivity contribution is 0.0643. The van der Waals surface area contributed by atoms with Crippen LogP contribution in [0.2, 0.25) is 0 Å². The minimum atomic E-state index is 0.0490. The van der Waals surface area contributed by atoms with Crippen molar-refractivity contribution in [3.8, 4) is 0 Å². The van der Waals surface area contributed by atoms with E-state index in [0.717, 1.165) is 50.4 Å². The molecule has 25 heavy (non-hydrogen) atoms. The lowest BCUT2D eigenvalue weighted by Crippen LogP contribution is -2.48. The first-order valence-corrected chi connectivity index (χ1v) is 8.96. The largest absolute Gasteiger partial charge is 0.335 e. The summed E-state index contributed by atoms with van der Waals surface area (Å²) >= 11 is 0. The molecule has 0 aliphatic carbocycles. The van der Waals surface area contributed by atoms with E-state index < -0.39 is 0 Å². The molecule has 1 aromatic heterocycles. The molecular formula is C20H26N4O. The Bertz CT molecular complexity index is 727. The second kappa shape index (κ2) is 8.12. The Morgan fingerprint density at radius 1 is 1.20 bits per heavy atom. The maximum Gasteiger partial charge on any atom is 0.274 e. The monoisotopic (exact) mass is 338 g/mol. The predicted molar refractivity (Wildman–Crippen MR) is 101 cm³/mol. The van der Waals surface area contributed by atoms with E-state index in [1.807, 2.05) is 30.0 Å². The van der Waals surface area contributed by atoms with Crippen LogP contribution in [0, 0.1) is 6.92 Å². The molecule has 2 heterocycles. The third-order valence-corrected chi connectivity index (χ3v) is 4.80. The number of aryl methyl sites for hydroxylation is 1. The zero-order chi connectivity index (χ0) is 17.6. The van der Waals surface area contributed by atoms with Gasteiger partial charge in [0.1, 0.15) is 0 Å². The van der Waals surface area contributed by atoms with Crippen LogP contribution < -0.4 is 0 Å². The predicted octanol–water partition coefficient (Wildman–Crippen LogP) is 2.75. The van der Waals surface area contributed by atoms with Gasteiger partial charge in [0.15, 0.2) is 5.69 Å². The van der Waals surface area contributed by atoms with Crippen LogP contribution in [-0.4, -0.2) is 58.6 Å². The Labute approximate surface area is 149 Å². The molecule has 1 saturated heterocycles. The molecule has 0 spiro atoms. The van der Waals surface area contributed by atoms with E-state index in [-0.39, 0.29) is 5.91 Å². The van der Waals surface area contributed by atoms with Crippen LogP contribution in [0.5, 0.6) is 0 Å². The van der Waals surface area contributed by atoms with Gasteiger partial charge in [0.25, 0.3) is 5.91 Å². The summed E-state index contributed by atoms with van der Waals surface area (Å²) in [4.78, 5) is 17.0. The molecule has 0 unspecified atom stereocenters. The van der Waals surface area contributed by atoms with Crippen LogP contribution >= 0.6 is 0 Å². The molecule has 0 bridgehead atoms. The van der Waals surface area contributed by atoms with Gasteiger partial charge in [-0.05, 0) is 18.9 Å². The summed E-state index contributed by atoms with van der Waals surface area (Å²) in [5, 5.41) is 7.20. The molecule has 2 aromatic rings. The minimum absolute atomic E-state index is 0.0490. The number of piperazine rings is 1. The number of hydrogen-bond donors (Lipinski definition) is 1. The number of carbonyl (C=O) groups excluding carboxylic acids is 1. The highest BCUT2D eigenvalue weighted by atomic mass is 16.2. The van der Waals surface area contributed by atoms with Gasteiger partial charge in [-0.3, -0.25) is 14.8 Å². The molecule has 1 fully saturated rings. The standard InChI is InChI=1S/C20H26N4O/c1-3-18-16(2)19(22-21-18)20(25)24-14-12-23(13-15-24)11-7-10-17-8-5-4-6-9-17/h4-10H,3,11-15H2,1-2H3,(H,21,22)/b10-7+. The van der Waals surface area contributed by atoms with Crippen molar-refractivity contribution in [3.05, 3.63) is 58.9 Å². The van der Waals surface area contributed by atoms with Crippen LogP contribution in [0.15, 0.2) is 36.4 Å².